The highest BCUT2D eigenvalue weighted by Gasteiger charge is 2.28. The summed E-state index contributed by atoms with van der Waals surface area (Å²) in [5, 5.41) is 7.10. The lowest BCUT2D eigenvalue weighted by atomic mass is 9.98. The van der Waals surface area contributed by atoms with Gasteiger partial charge in [-0.1, -0.05) is 16.8 Å². The summed E-state index contributed by atoms with van der Waals surface area (Å²) in [5.74, 6) is 1.38. The van der Waals surface area contributed by atoms with Crippen molar-refractivity contribution in [2.24, 2.45) is 5.92 Å². The number of aromatic nitrogens is 3. The number of hydrogen-bond donors (Lipinski definition) is 1. The Balaban J connectivity index is 1.35. The van der Waals surface area contributed by atoms with Crippen LogP contribution in [0.2, 0.25) is 4.34 Å². The minimum Gasteiger partial charge on any atom is -0.355 e. The van der Waals surface area contributed by atoms with Gasteiger partial charge in [-0.05, 0) is 26.0 Å². The molecule has 3 aromatic rings. The lowest BCUT2D eigenvalue weighted by Gasteiger charge is -2.42. The largest absolute Gasteiger partial charge is 0.355 e. The Bertz CT molecular complexity index is 957. The maximum absolute atomic E-state index is 12.5. The normalized spacial score (nSPS) is 15.1. The highest BCUT2D eigenvalue weighted by molar-refractivity contribution is 7.19. The van der Waals surface area contributed by atoms with Crippen molar-refractivity contribution in [1.82, 2.24) is 24.9 Å². The molecule has 0 saturated carbocycles. The quantitative estimate of drug-likeness (QED) is 0.635. The average molecular weight is 420 g/mol. The van der Waals surface area contributed by atoms with Crippen LogP contribution < -0.4 is 5.32 Å². The first kappa shape index (κ1) is 19.2. The molecule has 4 heterocycles. The third kappa shape index (κ3) is 4.14. The molecular weight excluding hydrogens is 398 g/mol. The second kappa shape index (κ2) is 8.06. The van der Waals surface area contributed by atoms with E-state index in [-0.39, 0.29) is 5.91 Å². The van der Waals surface area contributed by atoms with E-state index >= 15 is 0 Å². The van der Waals surface area contributed by atoms with Gasteiger partial charge in [0.15, 0.2) is 11.6 Å². The first-order valence-corrected chi connectivity index (χ1v) is 10.4. The summed E-state index contributed by atoms with van der Waals surface area (Å²) in [6, 6.07) is 6.14. The van der Waals surface area contributed by atoms with Gasteiger partial charge >= 0.3 is 0 Å². The van der Waals surface area contributed by atoms with Crippen molar-refractivity contribution < 1.29 is 9.32 Å². The summed E-state index contributed by atoms with van der Waals surface area (Å²) in [6.45, 7) is 7.52. The highest BCUT2D eigenvalue weighted by atomic mass is 35.5. The van der Waals surface area contributed by atoms with Crippen molar-refractivity contribution in [3.8, 4) is 10.6 Å². The van der Waals surface area contributed by atoms with Crippen LogP contribution in [0.5, 0.6) is 0 Å². The van der Waals surface area contributed by atoms with E-state index in [9.17, 15) is 4.79 Å². The third-order valence-corrected chi connectivity index (χ3v) is 6.14. The van der Waals surface area contributed by atoms with Crippen LogP contribution in [0, 0.1) is 5.92 Å². The number of thiophene rings is 1. The highest BCUT2D eigenvalue weighted by Crippen LogP contribution is 2.31. The molecule has 4 rings (SSSR count). The molecule has 9 heteroatoms. The van der Waals surface area contributed by atoms with Crippen LogP contribution in [-0.2, 0) is 6.54 Å². The molecule has 1 fully saturated rings. The first-order chi connectivity index (χ1) is 13.5. The summed E-state index contributed by atoms with van der Waals surface area (Å²) in [7, 11) is 0. The lowest BCUT2D eigenvalue weighted by molar-refractivity contribution is 0.0637. The number of rotatable bonds is 7. The zero-order valence-electron chi connectivity index (χ0n) is 15.8. The summed E-state index contributed by atoms with van der Waals surface area (Å²) in [4.78, 5) is 20.1. The summed E-state index contributed by atoms with van der Waals surface area (Å²) in [6.07, 6.45) is 3.40. The van der Waals surface area contributed by atoms with Crippen molar-refractivity contribution in [3.05, 3.63) is 46.4 Å². The van der Waals surface area contributed by atoms with Gasteiger partial charge in [0.25, 0.3) is 5.91 Å². The number of amides is 1. The van der Waals surface area contributed by atoms with Gasteiger partial charge in [0.2, 0.25) is 0 Å². The number of likely N-dealkylation sites (tertiary alicyclic amines) is 1. The maximum Gasteiger partial charge on any atom is 0.287 e. The SMILES string of the molecule is CC(C)N1CC(CNC(=O)c2nccn2Cc2cc(-c3ccc(Cl)s3)on2)C1. The van der Waals surface area contributed by atoms with Gasteiger partial charge in [-0.15, -0.1) is 11.3 Å². The van der Waals surface area contributed by atoms with E-state index in [0.717, 1.165) is 23.7 Å². The summed E-state index contributed by atoms with van der Waals surface area (Å²) in [5.41, 5.74) is 0.721. The second-order valence-electron chi connectivity index (χ2n) is 7.29. The van der Waals surface area contributed by atoms with Gasteiger partial charge in [-0.3, -0.25) is 4.79 Å². The monoisotopic (exact) mass is 419 g/mol. The molecule has 0 atom stereocenters. The minimum absolute atomic E-state index is 0.165. The first-order valence-electron chi connectivity index (χ1n) is 9.24. The van der Waals surface area contributed by atoms with Crippen molar-refractivity contribution in [1.29, 1.82) is 0 Å². The van der Waals surface area contributed by atoms with Crippen LogP contribution in [-0.4, -0.2) is 51.2 Å². The molecule has 0 aliphatic carbocycles. The molecule has 1 amide bonds. The molecular formula is C19H22ClN5O2S. The lowest BCUT2D eigenvalue weighted by Crippen LogP contribution is -2.54. The number of carbonyl (C=O) groups excluding carboxylic acids is 1. The number of hydrogen-bond acceptors (Lipinski definition) is 6. The van der Waals surface area contributed by atoms with E-state index in [2.05, 4.69) is 34.2 Å². The van der Waals surface area contributed by atoms with Crippen LogP contribution in [0.4, 0.5) is 0 Å². The van der Waals surface area contributed by atoms with Crippen LogP contribution in [0.1, 0.15) is 30.2 Å². The van der Waals surface area contributed by atoms with E-state index in [1.165, 1.54) is 11.3 Å². The van der Waals surface area contributed by atoms with Crippen LogP contribution >= 0.6 is 22.9 Å². The zero-order valence-corrected chi connectivity index (χ0v) is 17.3. The standard InChI is InChI=1S/C19H22ClN5O2S/c1-12(2)25-9-13(10-25)8-22-19(26)18-21-5-6-24(18)11-14-7-15(27-23-14)16-3-4-17(20)28-16/h3-7,12-13H,8-11H2,1-2H3,(H,22,26). The predicted molar refractivity (Wildman–Crippen MR) is 109 cm³/mol. The molecule has 3 aromatic heterocycles. The topological polar surface area (TPSA) is 76.2 Å². The number of carbonyl (C=O) groups is 1. The Labute approximate surface area is 172 Å². The van der Waals surface area contributed by atoms with Crippen LogP contribution in [0.15, 0.2) is 35.1 Å². The average Bonchev–Trinajstić information content (AvgIpc) is 3.34. The minimum atomic E-state index is -0.165. The fourth-order valence-corrected chi connectivity index (χ4v) is 4.24. The molecule has 7 nitrogen and oxygen atoms in total. The predicted octanol–water partition coefficient (Wildman–Crippen LogP) is 3.37. The molecule has 0 aromatic carbocycles. The molecule has 1 aliphatic heterocycles. The van der Waals surface area contributed by atoms with Crippen molar-refractivity contribution in [3.63, 3.8) is 0 Å². The van der Waals surface area contributed by atoms with Crippen LogP contribution in [0.25, 0.3) is 10.6 Å². The van der Waals surface area contributed by atoms with E-state index in [1.807, 2.05) is 18.2 Å². The van der Waals surface area contributed by atoms with Crippen molar-refractivity contribution in [2.75, 3.05) is 19.6 Å². The second-order valence-corrected chi connectivity index (χ2v) is 9.00. The molecule has 0 radical (unpaired) electrons. The Morgan fingerprint density at radius 1 is 1.43 bits per heavy atom. The van der Waals surface area contributed by atoms with Gasteiger partial charge in [0.1, 0.15) is 5.69 Å². The van der Waals surface area contributed by atoms with Gasteiger partial charge < -0.3 is 19.3 Å². The molecule has 0 unspecified atom stereocenters. The van der Waals surface area contributed by atoms with E-state index < -0.39 is 0 Å². The smallest absolute Gasteiger partial charge is 0.287 e. The summed E-state index contributed by atoms with van der Waals surface area (Å²) >= 11 is 7.41. The number of nitrogens with zero attached hydrogens (tertiary/aromatic N) is 4. The zero-order chi connectivity index (χ0) is 19.7. The van der Waals surface area contributed by atoms with Crippen molar-refractivity contribution >= 4 is 28.8 Å². The number of imidazole rings is 1. The molecule has 0 spiro atoms. The van der Waals surface area contributed by atoms with E-state index in [1.54, 1.807) is 17.0 Å². The van der Waals surface area contributed by atoms with Gasteiger partial charge in [0.05, 0.1) is 15.8 Å². The maximum atomic E-state index is 12.5. The van der Waals surface area contributed by atoms with E-state index in [0.29, 0.717) is 41.0 Å². The molecule has 148 valence electrons. The molecule has 0 bridgehead atoms. The fourth-order valence-electron chi connectivity index (χ4n) is 3.25. The van der Waals surface area contributed by atoms with Crippen molar-refractivity contribution in [2.45, 2.75) is 26.4 Å². The molecule has 28 heavy (non-hydrogen) atoms. The Morgan fingerprint density at radius 3 is 2.96 bits per heavy atom. The van der Waals surface area contributed by atoms with Gasteiger partial charge in [0, 0.05) is 50.1 Å². The Morgan fingerprint density at radius 2 is 2.25 bits per heavy atom. The van der Waals surface area contributed by atoms with Gasteiger partial charge in [-0.2, -0.15) is 0 Å². The number of halogens is 1. The van der Waals surface area contributed by atoms with Crippen LogP contribution in [0.3, 0.4) is 0 Å². The van der Waals surface area contributed by atoms with Gasteiger partial charge in [-0.25, -0.2) is 4.98 Å². The Kier molecular flexibility index (Phi) is 5.52. The Hall–Kier alpha value is -2.16. The third-order valence-electron chi connectivity index (χ3n) is 4.89. The molecule has 1 aliphatic rings. The fraction of sp³-hybridized carbons (Fsp3) is 0.421. The molecule has 1 saturated heterocycles. The molecule has 1 N–H and O–H groups in total. The number of nitrogens with one attached hydrogen (secondary N) is 1. The van der Waals surface area contributed by atoms with E-state index in [4.69, 9.17) is 16.1 Å². The summed E-state index contributed by atoms with van der Waals surface area (Å²) < 4.78 is 7.88.